The van der Waals surface area contributed by atoms with Gasteiger partial charge in [0.1, 0.15) is 5.75 Å². The summed E-state index contributed by atoms with van der Waals surface area (Å²) in [5, 5.41) is 17.2. The molecular formula is C11H12N2O3S. The van der Waals surface area contributed by atoms with E-state index in [-0.39, 0.29) is 5.89 Å². The lowest BCUT2D eigenvalue weighted by molar-refractivity contribution is 0.128. The van der Waals surface area contributed by atoms with Crippen molar-refractivity contribution in [3.8, 4) is 17.2 Å². The van der Waals surface area contributed by atoms with Crippen molar-refractivity contribution in [1.82, 2.24) is 10.2 Å². The molecule has 1 unspecified atom stereocenters. The highest BCUT2D eigenvalue weighted by Gasteiger charge is 2.25. The van der Waals surface area contributed by atoms with Crippen LogP contribution >= 0.6 is 12.6 Å². The zero-order valence-corrected chi connectivity index (χ0v) is 10.3. The summed E-state index contributed by atoms with van der Waals surface area (Å²) in [7, 11) is 1.60. The lowest BCUT2D eigenvalue weighted by Gasteiger charge is -2.08. The molecule has 0 bridgehead atoms. The third kappa shape index (κ3) is 2.59. The number of thiol groups is 1. The third-order valence-corrected chi connectivity index (χ3v) is 2.36. The Bertz CT molecular complexity index is 502. The van der Waals surface area contributed by atoms with Gasteiger partial charge in [0.15, 0.2) is 4.93 Å². The van der Waals surface area contributed by atoms with Gasteiger partial charge < -0.3 is 14.3 Å². The summed E-state index contributed by atoms with van der Waals surface area (Å²) in [6, 6.07) is 7.17. The van der Waals surface area contributed by atoms with Crippen LogP contribution in [-0.4, -0.2) is 22.4 Å². The average molecular weight is 252 g/mol. The van der Waals surface area contributed by atoms with Gasteiger partial charge in [-0.15, -0.1) is 22.8 Å². The standard InChI is InChI=1S/C11H12N2O3S/c1-11(14,17)10-13-12-9(16-10)7-3-5-8(15-2)6-4-7/h3-6,14,17H,1-2H3. The quantitative estimate of drug-likeness (QED) is 0.644. The van der Waals surface area contributed by atoms with Crippen molar-refractivity contribution < 1.29 is 14.3 Å². The van der Waals surface area contributed by atoms with Crippen LogP contribution in [0, 0.1) is 0 Å². The number of aliphatic hydroxyl groups is 1. The number of benzene rings is 1. The van der Waals surface area contributed by atoms with Gasteiger partial charge in [0.25, 0.3) is 5.89 Å². The number of nitrogens with zero attached hydrogens (tertiary/aromatic N) is 2. The van der Waals surface area contributed by atoms with Crippen molar-refractivity contribution in [3.05, 3.63) is 30.2 Å². The minimum Gasteiger partial charge on any atom is -0.497 e. The van der Waals surface area contributed by atoms with E-state index in [1.165, 1.54) is 6.92 Å². The highest BCUT2D eigenvalue weighted by molar-refractivity contribution is 7.81. The predicted octanol–water partition coefficient (Wildman–Crippen LogP) is 1.84. The fraction of sp³-hybridized carbons (Fsp3) is 0.273. The van der Waals surface area contributed by atoms with Gasteiger partial charge in [-0.25, -0.2) is 0 Å². The largest absolute Gasteiger partial charge is 0.497 e. The average Bonchev–Trinajstić information content (AvgIpc) is 2.78. The van der Waals surface area contributed by atoms with E-state index in [1.54, 1.807) is 31.4 Å². The van der Waals surface area contributed by atoms with Crippen LogP contribution in [0.4, 0.5) is 0 Å². The molecule has 1 aromatic carbocycles. The Hall–Kier alpha value is -1.53. The van der Waals surface area contributed by atoms with E-state index >= 15 is 0 Å². The van der Waals surface area contributed by atoms with Crippen LogP contribution in [0.25, 0.3) is 11.5 Å². The fourth-order valence-electron chi connectivity index (χ4n) is 1.26. The summed E-state index contributed by atoms with van der Waals surface area (Å²) in [4.78, 5) is -1.43. The summed E-state index contributed by atoms with van der Waals surface area (Å²) in [6.07, 6.45) is 0. The molecule has 0 saturated heterocycles. The van der Waals surface area contributed by atoms with Crippen molar-refractivity contribution in [2.75, 3.05) is 7.11 Å². The molecule has 0 aliphatic heterocycles. The molecule has 1 aromatic heterocycles. The number of hydrogen-bond acceptors (Lipinski definition) is 6. The maximum atomic E-state index is 9.58. The van der Waals surface area contributed by atoms with Crippen molar-refractivity contribution >= 4 is 12.6 Å². The summed E-state index contributed by atoms with van der Waals surface area (Å²) in [5.41, 5.74) is 0.752. The molecule has 0 spiro atoms. The van der Waals surface area contributed by atoms with Crippen LogP contribution in [0.5, 0.6) is 5.75 Å². The zero-order chi connectivity index (χ0) is 12.5. The van der Waals surface area contributed by atoms with Gasteiger partial charge in [0.2, 0.25) is 5.89 Å². The molecule has 0 fully saturated rings. The van der Waals surface area contributed by atoms with E-state index in [1.807, 2.05) is 0 Å². The maximum absolute atomic E-state index is 9.58. The second-order valence-electron chi connectivity index (χ2n) is 3.66. The van der Waals surface area contributed by atoms with Gasteiger partial charge in [-0.1, -0.05) is 0 Å². The first-order valence-electron chi connectivity index (χ1n) is 4.94. The highest BCUT2D eigenvalue weighted by atomic mass is 32.1. The van der Waals surface area contributed by atoms with Gasteiger partial charge in [0.05, 0.1) is 7.11 Å². The summed E-state index contributed by atoms with van der Waals surface area (Å²) in [6.45, 7) is 1.46. The van der Waals surface area contributed by atoms with E-state index in [9.17, 15) is 5.11 Å². The van der Waals surface area contributed by atoms with Gasteiger partial charge in [0, 0.05) is 5.56 Å². The molecule has 90 valence electrons. The Morgan fingerprint density at radius 1 is 1.29 bits per heavy atom. The molecule has 0 aliphatic rings. The van der Waals surface area contributed by atoms with E-state index in [2.05, 4.69) is 22.8 Å². The molecule has 2 rings (SSSR count). The lowest BCUT2D eigenvalue weighted by atomic mass is 10.2. The zero-order valence-electron chi connectivity index (χ0n) is 9.41. The lowest BCUT2D eigenvalue weighted by Crippen LogP contribution is -2.12. The van der Waals surface area contributed by atoms with E-state index in [0.717, 1.165) is 11.3 Å². The third-order valence-electron chi connectivity index (χ3n) is 2.17. The number of hydrogen-bond donors (Lipinski definition) is 2. The van der Waals surface area contributed by atoms with Crippen molar-refractivity contribution in [1.29, 1.82) is 0 Å². The van der Waals surface area contributed by atoms with E-state index < -0.39 is 4.93 Å². The molecule has 0 radical (unpaired) electrons. The normalized spacial score (nSPS) is 14.4. The molecule has 2 aromatic rings. The second kappa shape index (κ2) is 4.38. The molecule has 1 heterocycles. The Labute approximate surface area is 104 Å². The Kier molecular flexibility index (Phi) is 3.08. The van der Waals surface area contributed by atoms with Crippen LogP contribution in [0.15, 0.2) is 28.7 Å². The van der Waals surface area contributed by atoms with Crippen LogP contribution in [-0.2, 0) is 4.93 Å². The predicted molar refractivity (Wildman–Crippen MR) is 64.8 cm³/mol. The highest BCUT2D eigenvalue weighted by Crippen LogP contribution is 2.27. The minimum absolute atomic E-state index is 0.0617. The molecular weight excluding hydrogens is 240 g/mol. The van der Waals surface area contributed by atoms with E-state index in [4.69, 9.17) is 9.15 Å². The Morgan fingerprint density at radius 2 is 1.94 bits per heavy atom. The Morgan fingerprint density at radius 3 is 2.41 bits per heavy atom. The minimum atomic E-state index is -1.43. The van der Waals surface area contributed by atoms with E-state index in [0.29, 0.717) is 5.89 Å². The first kappa shape index (κ1) is 11.9. The molecule has 17 heavy (non-hydrogen) atoms. The fourth-order valence-corrected chi connectivity index (χ4v) is 1.36. The smallest absolute Gasteiger partial charge is 0.258 e. The monoisotopic (exact) mass is 252 g/mol. The van der Waals surface area contributed by atoms with Crippen LogP contribution in [0.3, 0.4) is 0 Å². The molecule has 5 nitrogen and oxygen atoms in total. The first-order valence-corrected chi connectivity index (χ1v) is 5.38. The molecule has 0 aliphatic carbocycles. The molecule has 1 N–H and O–H groups in total. The second-order valence-corrected chi connectivity index (χ2v) is 4.53. The maximum Gasteiger partial charge on any atom is 0.258 e. The first-order chi connectivity index (χ1) is 8.00. The van der Waals surface area contributed by atoms with Crippen molar-refractivity contribution in [2.24, 2.45) is 0 Å². The van der Waals surface area contributed by atoms with Crippen LogP contribution in [0.2, 0.25) is 0 Å². The number of aromatic nitrogens is 2. The topological polar surface area (TPSA) is 68.4 Å². The van der Waals surface area contributed by atoms with Gasteiger partial charge in [-0.3, -0.25) is 0 Å². The van der Waals surface area contributed by atoms with Crippen molar-refractivity contribution in [2.45, 2.75) is 11.9 Å². The van der Waals surface area contributed by atoms with Crippen LogP contribution < -0.4 is 4.74 Å². The van der Waals surface area contributed by atoms with Gasteiger partial charge >= 0.3 is 0 Å². The molecule has 6 heteroatoms. The molecule has 1 atom stereocenters. The number of ether oxygens (including phenoxy) is 1. The number of methoxy groups -OCH3 is 1. The summed E-state index contributed by atoms with van der Waals surface area (Å²) in [5.74, 6) is 1.14. The van der Waals surface area contributed by atoms with Gasteiger partial charge in [-0.05, 0) is 31.2 Å². The Balaban J connectivity index is 2.30. The van der Waals surface area contributed by atoms with Crippen molar-refractivity contribution in [3.63, 3.8) is 0 Å². The number of rotatable bonds is 3. The van der Waals surface area contributed by atoms with Crippen LogP contribution in [0.1, 0.15) is 12.8 Å². The summed E-state index contributed by atoms with van der Waals surface area (Å²) < 4.78 is 10.4. The summed E-state index contributed by atoms with van der Waals surface area (Å²) >= 11 is 3.94. The van der Waals surface area contributed by atoms with Gasteiger partial charge in [-0.2, -0.15) is 0 Å². The molecule has 0 amide bonds. The SMILES string of the molecule is COc1ccc(-c2nnc(C(C)(O)S)o2)cc1. The molecule has 0 saturated carbocycles.